The number of nitrogens with zero attached hydrogens (tertiary/aromatic N) is 3. The smallest absolute Gasteiger partial charge is 0.225 e. The average Bonchev–Trinajstić information content (AvgIpc) is 2.56. The lowest BCUT2D eigenvalue weighted by Crippen LogP contribution is -2.49. The Morgan fingerprint density at radius 1 is 1.12 bits per heavy atom. The number of rotatable bonds is 5. The van der Waals surface area contributed by atoms with Gasteiger partial charge in [0.2, 0.25) is 5.91 Å². The van der Waals surface area contributed by atoms with E-state index in [1.807, 2.05) is 20.8 Å². The highest BCUT2D eigenvalue weighted by Crippen LogP contribution is 2.24. The summed E-state index contributed by atoms with van der Waals surface area (Å²) in [7, 11) is 6.27. The molecule has 0 bridgehead atoms. The van der Waals surface area contributed by atoms with Crippen LogP contribution in [0.3, 0.4) is 0 Å². The highest BCUT2D eigenvalue weighted by molar-refractivity contribution is 5.81. The van der Waals surface area contributed by atoms with Crippen molar-refractivity contribution < 1.29 is 4.79 Å². The molecule has 0 aliphatic carbocycles. The lowest BCUT2D eigenvalue weighted by atomic mass is 9.95. The van der Waals surface area contributed by atoms with Gasteiger partial charge >= 0.3 is 0 Å². The highest BCUT2D eigenvalue weighted by atomic mass is 16.2. The van der Waals surface area contributed by atoms with Gasteiger partial charge in [-0.15, -0.1) is 0 Å². The van der Waals surface area contributed by atoms with E-state index in [1.54, 1.807) is 0 Å². The van der Waals surface area contributed by atoms with Gasteiger partial charge in [0.15, 0.2) is 0 Å². The van der Waals surface area contributed by atoms with Crippen molar-refractivity contribution in [2.24, 2.45) is 5.41 Å². The summed E-state index contributed by atoms with van der Waals surface area (Å²) in [4.78, 5) is 19.3. The quantitative estimate of drug-likeness (QED) is 0.887. The van der Waals surface area contributed by atoms with Crippen LogP contribution in [0.2, 0.25) is 0 Å². The second-order valence-electron chi connectivity index (χ2n) is 8.30. The molecule has 1 saturated heterocycles. The molecule has 0 saturated carbocycles. The molecule has 1 aliphatic rings. The molecule has 2 rings (SSSR count). The number of benzene rings is 1. The normalized spacial score (nSPS) is 18.0. The monoisotopic (exact) mass is 346 g/mol. The molecule has 1 heterocycles. The van der Waals surface area contributed by atoms with E-state index in [1.165, 1.54) is 11.3 Å². The molecule has 1 N–H and O–H groups in total. The van der Waals surface area contributed by atoms with Crippen LogP contribution in [0.4, 0.5) is 5.69 Å². The second kappa shape index (κ2) is 8.19. The summed E-state index contributed by atoms with van der Waals surface area (Å²) in [5, 5.41) is 3.16. The van der Waals surface area contributed by atoms with Gasteiger partial charge in [-0.3, -0.25) is 9.69 Å². The number of piperazine rings is 1. The zero-order valence-electron chi connectivity index (χ0n) is 16.7. The number of amides is 1. The van der Waals surface area contributed by atoms with E-state index in [2.05, 4.69) is 65.4 Å². The summed E-state index contributed by atoms with van der Waals surface area (Å²) in [6.45, 7) is 10.7. The number of likely N-dealkylation sites (N-methyl/N-ethyl adjacent to an activating group) is 1. The maximum atomic E-state index is 12.3. The van der Waals surface area contributed by atoms with Gasteiger partial charge in [0, 0.05) is 57.9 Å². The topological polar surface area (TPSA) is 38.8 Å². The van der Waals surface area contributed by atoms with Crippen molar-refractivity contribution in [3.8, 4) is 0 Å². The number of nitrogens with one attached hydrogen (secondary N) is 1. The van der Waals surface area contributed by atoms with Gasteiger partial charge in [0.25, 0.3) is 0 Å². The Morgan fingerprint density at radius 2 is 1.68 bits per heavy atom. The maximum absolute atomic E-state index is 12.3. The molecule has 0 aromatic heterocycles. The van der Waals surface area contributed by atoms with Crippen LogP contribution in [0.25, 0.3) is 0 Å². The molecule has 1 fully saturated rings. The van der Waals surface area contributed by atoms with E-state index < -0.39 is 0 Å². The van der Waals surface area contributed by atoms with E-state index in [9.17, 15) is 4.79 Å². The van der Waals surface area contributed by atoms with Crippen LogP contribution in [0.15, 0.2) is 24.3 Å². The fraction of sp³-hybridized carbons (Fsp3) is 0.650. The van der Waals surface area contributed by atoms with Gasteiger partial charge in [0.1, 0.15) is 0 Å². The van der Waals surface area contributed by atoms with E-state index in [0.717, 1.165) is 26.2 Å². The molecule has 5 heteroatoms. The molecular weight excluding hydrogens is 312 g/mol. The molecule has 5 nitrogen and oxygen atoms in total. The van der Waals surface area contributed by atoms with Crippen LogP contribution < -0.4 is 10.2 Å². The number of hydrogen-bond donors (Lipinski definition) is 1. The van der Waals surface area contributed by atoms with Crippen LogP contribution in [0.1, 0.15) is 32.4 Å². The van der Waals surface area contributed by atoms with Gasteiger partial charge in [-0.1, -0.05) is 32.9 Å². The van der Waals surface area contributed by atoms with Crippen molar-refractivity contribution in [3.05, 3.63) is 29.8 Å². The van der Waals surface area contributed by atoms with E-state index in [0.29, 0.717) is 6.54 Å². The van der Waals surface area contributed by atoms with Crippen LogP contribution in [-0.2, 0) is 4.79 Å². The van der Waals surface area contributed by atoms with Gasteiger partial charge in [-0.05, 0) is 24.7 Å². The van der Waals surface area contributed by atoms with E-state index in [4.69, 9.17) is 0 Å². The first-order valence-electron chi connectivity index (χ1n) is 9.16. The van der Waals surface area contributed by atoms with Crippen LogP contribution in [0.5, 0.6) is 0 Å². The molecule has 1 aliphatic heterocycles. The van der Waals surface area contributed by atoms with Crippen LogP contribution in [-0.4, -0.2) is 69.6 Å². The van der Waals surface area contributed by atoms with Crippen LogP contribution in [0, 0.1) is 5.41 Å². The first-order chi connectivity index (χ1) is 11.7. The molecule has 1 amide bonds. The first kappa shape index (κ1) is 19.7. The van der Waals surface area contributed by atoms with Crippen molar-refractivity contribution in [2.75, 3.05) is 58.8 Å². The fourth-order valence-corrected chi connectivity index (χ4v) is 3.04. The predicted molar refractivity (Wildman–Crippen MR) is 105 cm³/mol. The number of carbonyl (C=O) groups excluding carboxylic acids is 1. The molecule has 140 valence electrons. The van der Waals surface area contributed by atoms with Gasteiger partial charge in [0.05, 0.1) is 6.04 Å². The molecule has 0 spiro atoms. The number of hydrogen-bond acceptors (Lipinski definition) is 4. The van der Waals surface area contributed by atoms with E-state index in [-0.39, 0.29) is 17.4 Å². The SMILES string of the molecule is CN1CCN([C@H](CNC(=O)C(C)(C)C)c2ccc(N(C)C)cc2)CC1. The zero-order chi connectivity index (χ0) is 18.6. The standard InChI is InChI=1S/C20H34N4O/c1-20(2,3)19(25)21-15-18(24-13-11-23(6)12-14-24)16-7-9-17(10-8-16)22(4)5/h7-10,18H,11-15H2,1-6H3,(H,21,25)/t18-/m1/s1. The second-order valence-corrected chi connectivity index (χ2v) is 8.30. The Morgan fingerprint density at radius 3 is 2.16 bits per heavy atom. The van der Waals surface area contributed by atoms with Crippen molar-refractivity contribution >= 4 is 11.6 Å². The molecule has 25 heavy (non-hydrogen) atoms. The van der Waals surface area contributed by atoms with Crippen molar-refractivity contribution in [2.45, 2.75) is 26.8 Å². The Balaban J connectivity index is 2.15. The molecule has 0 radical (unpaired) electrons. The molecule has 1 atom stereocenters. The third-order valence-electron chi connectivity index (χ3n) is 4.91. The van der Waals surface area contributed by atoms with Crippen molar-refractivity contribution in [3.63, 3.8) is 0 Å². The summed E-state index contributed by atoms with van der Waals surface area (Å²) in [5.74, 6) is 0.108. The minimum atomic E-state index is -0.360. The van der Waals surface area contributed by atoms with Gasteiger partial charge in [-0.2, -0.15) is 0 Å². The molecule has 1 aromatic carbocycles. The average molecular weight is 347 g/mol. The third-order valence-corrected chi connectivity index (χ3v) is 4.91. The minimum Gasteiger partial charge on any atom is -0.378 e. The highest BCUT2D eigenvalue weighted by Gasteiger charge is 2.27. The largest absolute Gasteiger partial charge is 0.378 e. The lowest BCUT2D eigenvalue weighted by Gasteiger charge is -2.38. The van der Waals surface area contributed by atoms with E-state index >= 15 is 0 Å². The summed E-state index contributed by atoms with van der Waals surface area (Å²) in [5.41, 5.74) is 2.10. The summed E-state index contributed by atoms with van der Waals surface area (Å²) >= 11 is 0. The van der Waals surface area contributed by atoms with Crippen molar-refractivity contribution in [1.82, 2.24) is 15.1 Å². The Labute approximate surface area is 153 Å². The van der Waals surface area contributed by atoms with Crippen LogP contribution >= 0.6 is 0 Å². The number of anilines is 1. The molecular formula is C20H34N4O. The third kappa shape index (κ3) is 5.44. The molecule has 0 unspecified atom stereocenters. The minimum absolute atomic E-state index is 0.108. The zero-order valence-corrected chi connectivity index (χ0v) is 16.7. The summed E-state index contributed by atoms with van der Waals surface area (Å²) in [6.07, 6.45) is 0. The summed E-state index contributed by atoms with van der Waals surface area (Å²) in [6, 6.07) is 8.92. The first-order valence-corrected chi connectivity index (χ1v) is 9.16. The van der Waals surface area contributed by atoms with Crippen molar-refractivity contribution in [1.29, 1.82) is 0 Å². The Hall–Kier alpha value is -1.59. The summed E-state index contributed by atoms with van der Waals surface area (Å²) < 4.78 is 0. The Bertz CT molecular complexity index is 554. The fourth-order valence-electron chi connectivity index (χ4n) is 3.04. The lowest BCUT2D eigenvalue weighted by molar-refractivity contribution is -0.128. The van der Waals surface area contributed by atoms with Gasteiger partial charge < -0.3 is 15.1 Å². The number of carbonyl (C=O) groups is 1. The maximum Gasteiger partial charge on any atom is 0.225 e. The van der Waals surface area contributed by atoms with Gasteiger partial charge in [-0.25, -0.2) is 0 Å². The molecule has 1 aromatic rings. The Kier molecular flexibility index (Phi) is 6.47. The predicted octanol–water partition coefficient (Wildman–Crippen LogP) is 2.20.